The van der Waals surface area contributed by atoms with Gasteiger partial charge in [-0.3, -0.25) is 9.69 Å². The Kier molecular flexibility index (Phi) is 6.18. The normalized spacial score (nSPS) is 28.5. The highest BCUT2D eigenvalue weighted by Crippen LogP contribution is 2.28. The maximum atomic E-state index is 12.9. The van der Waals surface area contributed by atoms with E-state index in [4.69, 9.17) is 4.74 Å². The van der Waals surface area contributed by atoms with Crippen molar-refractivity contribution in [3.8, 4) is 0 Å². The summed E-state index contributed by atoms with van der Waals surface area (Å²) >= 11 is 0. The Hall–Kier alpha value is -0.700. The quantitative estimate of drug-likeness (QED) is 0.712. The van der Waals surface area contributed by atoms with Crippen molar-refractivity contribution in [2.24, 2.45) is 0 Å². The van der Waals surface area contributed by atoms with Crippen LogP contribution in [-0.2, 0) is 19.4 Å². The number of carbonyl (C=O) groups excluding carboxylic acids is 1. The molecule has 0 radical (unpaired) electrons. The van der Waals surface area contributed by atoms with Gasteiger partial charge in [-0.15, -0.1) is 0 Å². The van der Waals surface area contributed by atoms with Gasteiger partial charge in [-0.25, -0.2) is 8.42 Å². The van der Waals surface area contributed by atoms with Gasteiger partial charge < -0.3 is 15.4 Å². The van der Waals surface area contributed by atoms with E-state index in [1.165, 1.54) is 6.26 Å². The van der Waals surface area contributed by atoms with E-state index in [-0.39, 0.29) is 23.7 Å². The molecule has 2 aliphatic rings. The van der Waals surface area contributed by atoms with Crippen LogP contribution in [0.4, 0.5) is 0 Å². The zero-order valence-corrected chi connectivity index (χ0v) is 16.9. The van der Waals surface area contributed by atoms with Crippen LogP contribution in [0.5, 0.6) is 0 Å². The SMILES string of the molecule is CC1CN(C(C)(C)CNC(=O)C2(S(C)(=O)=O)CCNCC2)CC(C)O1. The van der Waals surface area contributed by atoms with Crippen LogP contribution >= 0.6 is 0 Å². The lowest BCUT2D eigenvalue weighted by atomic mass is 9.94. The van der Waals surface area contributed by atoms with Crippen molar-refractivity contribution >= 4 is 15.7 Å². The summed E-state index contributed by atoms with van der Waals surface area (Å²) in [4.78, 5) is 15.2. The van der Waals surface area contributed by atoms with Gasteiger partial charge in [-0.2, -0.15) is 0 Å². The number of piperidine rings is 1. The van der Waals surface area contributed by atoms with Crippen LogP contribution in [0.1, 0.15) is 40.5 Å². The third-order valence-corrected chi connectivity index (χ3v) is 7.51. The Morgan fingerprint density at radius 3 is 2.24 bits per heavy atom. The van der Waals surface area contributed by atoms with E-state index in [9.17, 15) is 13.2 Å². The number of nitrogens with zero attached hydrogens (tertiary/aromatic N) is 1. The lowest BCUT2D eigenvalue weighted by Crippen LogP contribution is -2.62. The van der Waals surface area contributed by atoms with Crippen LogP contribution in [0.15, 0.2) is 0 Å². The third-order valence-electron chi connectivity index (χ3n) is 5.49. The van der Waals surface area contributed by atoms with E-state index in [0.29, 0.717) is 32.5 Å². The van der Waals surface area contributed by atoms with Crippen molar-refractivity contribution in [1.82, 2.24) is 15.5 Å². The van der Waals surface area contributed by atoms with Crippen LogP contribution in [0.25, 0.3) is 0 Å². The molecule has 0 aliphatic carbocycles. The third kappa shape index (κ3) is 4.53. The molecule has 2 aliphatic heterocycles. The summed E-state index contributed by atoms with van der Waals surface area (Å²) < 4.78 is 29.2. The summed E-state index contributed by atoms with van der Waals surface area (Å²) in [5, 5.41) is 6.07. The summed E-state index contributed by atoms with van der Waals surface area (Å²) in [5.74, 6) is -0.362. The molecule has 2 N–H and O–H groups in total. The second-order valence-corrected chi connectivity index (χ2v) is 10.5. The summed E-state index contributed by atoms with van der Waals surface area (Å²) in [6.07, 6.45) is 2.11. The molecule has 1 amide bonds. The van der Waals surface area contributed by atoms with Crippen LogP contribution in [-0.4, -0.2) is 80.7 Å². The molecular formula is C17H33N3O4S. The molecule has 2 fully saturated rings. The van der Waals surface area contributed by atoms with E-state index in [1.54, 1.807) is 0 Å². The molecule has 146 valence electrons. The van der Waals surface area contributed by atoms with Gasteiger partial charge >= 0.3 is 0 Å². The van der Waals surface area contributed by atoms with Gasteiger partial charge in [0.05, 0.1) is 12.2 Å². The standard InChI is InChI=1S/C17H33N3O4S/c1-13-10-20(11-14(2)24-13)16(3,4)12-19-15(21)17(25(5,22)23)6-8-18-9-7-17/h13-14,18H,6-12H2,1-5H3,(H,19,21). The van der Waals surface area contributed by atoms with Crippen LogP contribution in [0, 0.1) is 0 Å². The number of morpholine rings is 1. The van der Waals surface area contributed by atoms with Crippen molar-refractivity contribution in [2.45, 2.75) is 63.0 Å². The predicted octanol–water partition coefficient (Wildman–Crippen LogP) is 0.157. The molecule has 0 saturated carbocycles. The largest absolute Gasteiger partial charge is 0.373 e. The van der Waals surface area contributed by atoms with Crippen molar-refractivity contribution in [3.05, 3.63) is 0 Å². The molecule has 2 unspecified atom stereocenters. The highest BCUT2D eigenvalue weighted by atomic mass is 32.2. The fraction of sp³-hybridized carbons (Fsp3) is 0.941. The average molecular weight is 376 g/mol. The van der Waals surface area contributed by atoms with Crippen molar-refractivity contribution in [3.63, 3.8) is 0 Å². The summed E-state index contributed by atoms with van der Waals surface area (Å²) in [6.45, 7) is 11.3. The lowest BCUT2D eigenvalue weighted by molar-refractivity contribution is -0.126. The van der Waals surface area contributed by atoms with E-state index >= 15 is 0 Å². The molecule has 0 aromatic heterocycles. The molecule has 0 aromatic carbocycles. The van der Waals surface area contributed by atoms with Gasteiger partial charge in [0.25, 0.3) is 0 Å². The molecule has 0 bridgehead atoms. The number of amides is 1. The van der Waals surface area contributed by atoms with Crippen molar-refractivity contribution < 1.29 is 17.9 Å². The summed E-state index contributed by atoms with van der Waals surface area (Å²) in [6, 6.07) is 0. The maximum Gasteiger partial charge on any atom is 0.241 e. The fourth-order valence-electron chi connectivity index (χ4n) is 3.84. The van der Waals surface area contributed by atoms with Crippen LogP contribution in [0.3, 0.4) is 0 Å². The number of nitrogens with one attached hydrogen (secondary N) is 2. The van der Waals surface area contributed by atoms with Crippen LogP contribution in [0.2, 0.25) is 0 Å². The van der Waals surface area contributed by atoms with E-state index < -0.39 is 14.6 Å². The lowest BCUT2D eigenvalue weighted by Gasteiger charge is -2.45. The first-order valence-corrected chi connectivity index (χ1v) is 11.0. The molecular weight excluding hydrogens is 342 g/mol. The van der Waals surface area contributed by atoms with Crippen molar-refractivity contribution in [2.75, 3.05) is 39.0 Å². The average Bonchev–Trinajstić information content (AvgIpc) is 2.51. The number of hydrogen-bond acceptors (Lipinski definition) is 6. The molecule has 2 saturated heterocycles. The molecule has 2 heterocycles. The topological polar surface area (TPSA) is 87.7 Å². The van der Waals surface area contributed by atoms with Gasteiger partial charge in [0.1, 0.15) is 0 Å². The minimum atomic E-state index is -3.48. The molecule has 0 spiro atoms. The molecule has 2 atom stereocenters. The second kappa shape index (κ2) is 7.50. The van der Waals surface area contributed by atoms with Crippen LogP contribution < -0.4 is 10.6 Å². The number of sulfone groups is 1. The van der Waals surface area contributed by atoms with E-state index in [1.807, 2.05) is 13.8 Å². The Morgan fingerprint density at radius 2 is 1.76 bits per heavy atom. The van der Waals surface area contributed by atoms with Crippen molar-refractivity contribution in [1.29, 1.82) is 0 Å². The Morgan fingerprint density at radius 1 is 1.24 bits per heavy atom. The van der Waals surface area contributed by atoms with Gasteiger partial charge in [-0.1, -0.05) is 0 Å². The van der Waals surface area contributed by atoms with E-state index in [2.05, 4.69) is 29.4 Å². The zero-order valence-electron chi connectivity index (χ0n) is 16.1. The fourth-order valence-corrected chi connectivity index (χ4v) is 5.19. The summed E-state index contributed by atoms with van der Waals surface area (Å²) in [5.41, 5.74) is -0.270. The molecule has 7 nitrogen and oxygen atoms in total. The number of hydrogen-bond donors (Lipinski definition) is 2. The maximum absolute atomic E-state index is 12.9. The monoisotopic (exact) mass is 375 g/mol. The molecule has 0 aromatic rings. The molecule has 25 heavy (non-hydrogen) atoms. The van der Waals surface area contributed by atoms with Gasteiger partial charge in [0.2, 0.25) is 5.91 Å². The predicted molar refractivity (Wildman–Crippen MR) is 98.3 cm³/mol. The number of rotatable bonds is 5. The number of ether oxygens (including phenoxy) is 1. The number of carbonyl (C=O) groups is 1. The molecule has 2 rings (SSSR count). The Labute approximate surface area is 151 Å². The summed E-state index contributed by atoms with van der Waals surface area (Å²) in [7, 11) is -3.48. The first-order valence-electron chi connectivity index (χ1n) is 9.07. The highest BCUT2D eigenvalue weighted by Gasteiger charge is 2.49. The Balaban J connectivity index is 2.06. The minimum absolute atomic E-state index is 0.144. The van der Waals surface area contributed by atoms with E-state index in [0.717, 1.165) is 13.1 Å². The first kappa shape index (κ1) is 20.6. The minimum Gasteiger partial charge on any atom is -0.373 e. The second-order valence-electron chi connectivity index (χ2n) is 8.17. The van der Waals surface area contributed by atoms with Gasteiger partial charge in [0.15, 0.2) is 14.6 Å². The Bertz CT molecular complexity index is 575. The van der Waals surface area contributed by atoms with Gasteiger partial charge in [-0.05, 0) is 53.6 Å². The first-order chi connectivity index (χ1) is 11.5. The smallest absolute Gasteiger partial charge is 0.241 e. The highest BCUT2D eigenvalue weighted by molar-refractivity contribution is 7.92. The zero-order chi connectivity index (χ0) is 18.9. The molecule has 8 heteroatoms. The van der Waals surface area contributed by atoms with Gasteiger partial charge in [0, 0.05) is 31.4 Å².